The largest absolute Gasteiger partial charge is 0.493 e. The molecule has 3 aromatic rings. The topological polar surface area (TPSA) is 112 Å². The lowest BCUT2D eigenvalue weighted by Gasteiger charge is -2.13. The van der Waals surface area contributed by atoms with E-state index >= 15 is 0 Å². The third-order valence-corrected chi connectivity index (χ3v) is 4.12. The molecule has 2 heterocycles. The monoisotopic (exact) mass is 386 g/mol. The first-order valence-electron chi connectivity index (χ1n) is 8.62. The second-order valence-electron chi connectivity index (χ2n) is 6.02. The third kappa shape index (κ3) is 4.08. The van der Waals surface area contributed by atoms with E-state index in [0.717, 1.165) is 17.0 Å². The van der Waals surface area contributed by atoms with Gasteiger partial charge in [0.15, 0.2) is 11.5 Å². The maximum absolute atomic E-state index is 12.3. The van der Waals surface area contributed by atoms with Crippen LogP contribution in [0.25, 0.3) is 11.3 Å². The van der Waals surface area contributed by atoms with Crippen LogP contribution in [-0.4, -0.2) is 49.1 Å². The second kappa shape index (κ2) is 8.47. The van der Waals surface area contributed by atoms with Gasteiger partial charge in [-0.25, -0.2) is 0 Å². The number of amides is 1. The van der Waals surface area contributed by atoms with Crippen molar-refractivity contribution in [3.8, 4) is 28.5 Å². The molecule has 0 spiro atoms. The van der Waals surface area contributed by atoms with Crippen LogP contribution in [0.3, 0.4) is 0 Å². The van der Waals surface area contributed by atoms with Crippen LogP contribution >= 0.6 is 0 Å². The third-order valence-electron chi connectivity index (χ3n) is 4.12. The molecule has 0 radical (unpaired) electrons. The highest BCUT2D eigenvalue weighted by Gasteiger charge is 2.17. The number of hydrogen-bond donors (Lipinski definition) is 2. The number of nitrogens with zero attached hydrogens (tertiary/aromatic N) is 2. The molecule has 0 aliphatic rings. The number of ether oxygens (including phenoxy) is 3. The molecule has 0 unspecified atom stereocenters. The molecule has 1 aromatic carbocycles. The van der Waals surface area contributed by atoms with Crippen LogP contribution in [0.5, 0.6) is 17.2 Å². The summed E-state index contributed by atoms with van der Waals surface area (Å²) in [6.45, 7) is 2.27. The summed E-state index contributed by atoms with van der Waals surface area (Å²) in [4.78, 5) is 12.3. The van der Waals surface area contributed by atoms with Crippen molar-refractivity contribution in [3.63, 3.8) is 0 Å². The predicted molar refractivity (Wildman–Crippen MR) is 101 cm³/mol. The lowest BCUT2D eigenvalue weighted by molar-refractivity contribution is 0.0948. The molecule has 148 valence electrons. The van der Waals surface area contributed by atoms with Crippen molar-refractivity contribution in [2.45, 2.75) is 13.3 Å². The van der Waals surface area contributed by atoms with Gasteiger partial charge >= 0.3 is 0 Å². The first-order valence-corrected chi connectivity index (χ1v) is 8.62. The molecule has 0 aliphatic heterocycles. The molecule has 28 heavy (non-hydrogen) atoms. The fraction of sp³-hybridized carbons (Fsp3) is 0.316. The lowest BCUT2D eigenvalue weighted by Crippen LogP contribution is -2.25. The van der Waals surface area contributed by atoms with Crippen LogP contribution in [0.2, 0.25) is 0 Å². The van der Waals surface area contributed by atoms with E-state index in [0.29, 0.717) is 41.6 Å². The van der Waals surface area contributed by atoms with Crippen LogP contribution in [0, 0.1) is 6.92 Å². The summed E-state index contributed by atoms with van der Waals surface area (Å²) in [6, 6.07) is 7.04. The Kier molecular flexibility index (Phi) is 5.83. The molecule has 0 fully saturated rings. The van der Waals surface area contributed by atoms with E-state index in [-0.39, 0.29) is 5.91 Å². The van der Waals surface area contributed by atoms with Crippen molar-refractivity contribution in [2.75, 3.05) is 27.9 Å². The van der Waals surface area contributed by atoms with Crippen molar-refractivity contribution in [2.24, 2.45) is 0 Å². The number of aromatic nitrogens is 3. The highest BCUT2D eigenvalue weighted by molar-refractivity contribution is 5.93. The number of aromatic amines is 1. The SMILES string of the molecule is COc1cc(-c2cc(C(=O)NCCc3cc(C)no3)[nH]n2)cc(OC)c1OC. The van der Waals surface area contributed by atoms with E-state index in [4.69, 9.17) is 18.7 Å². The highest BCUT2D eigenvalue weighted by Crippen LogP contribution is 2.40. The molecule has 3 rings (SSSR count). The summed E-state index contributed by atoms with van der Waals surface area (Å²) in [6.07, 6.45) is 0.556. The number of aryl methyl sites for hydroxylation is 1. The Bertz CT molecular complexity index is 938. The minimum absolute atomic E-state index is 0.262. The Hall–Kier alpha value is -3.49. The van der Waals surface area contributed by atoms with Crippen LogP contribution in [0.4, 0.5) is 0 Å². The summed E-state index contributed by atoms with van der Waals surface area (Å²) in [5, 5.41) is 13.6. The number of carbonyl (C=O) groups excluding carboxylic acids is 1. The smallest absolute Gasteiger partial charge is 0.269 e. The number of carbonyl (C=O) groups is 1. The van der Waals surface area contributed by atoms with E-state index in [2.05, 4.69) is 20.7 Å². The van der Waals surface area contributed by atoms with Crippen molar-refractivity contribution < 1.29 is 23.5 Å². The Morgan fingerprint density at radius 2 is 1.82 bits per heavy atom. The molecule has 9 nitrogen and oxygen atoms in total. The summed E-state index contributed by atoms with van der Waals surface area (Å²) in [7, 11) is 4.62. The van der Waals surface area contributed by atoms with Crippen LogP contribution in [-0.2, 0) is 6.42 Å². The van der Waals surface area contributed by atoms with Gasteiger partial charge in [0, 0.05) is 24.6 Å². The highest BCUT2D eigenvalue weighted by atomic mass is 16.5. The zero-order valence-corrected chi connectivity index (χ0v) is 16.2. The van der Waals surface area contributed by atoms with Crippen LogP contribution in [0.1, 0.15) is 21.9 Å². The van der Waals surface area contributed by atoms with Gasteiger partial charge in [-0.05, 0) is 25.1 Å². The fourth-order valence-corrected chi connectivity index (χ4v) is 2.74. The van der Waals surface area contributed by atoms with Gasteiger partial charge < -0.3 is 24.1 Å². The molecule has 0 aliphatic carbocycles. The molecule has 2 N–H and O–H groups in total. The number of methoxy groups -OCH3 is 3. The van der Waals surface area contributed by atoms with E-state index in [1.54, 1.807) is 32.4 Å². The summed E-state index contributed by atoms with van der Waals surface area (Å²) < 4.78 is 21.2. The van der Waals surface area contributed by atoms with Gasteiger partial charge in [0.2, 0.25) is 5.75 Å². The molecule has 0 saturated carbocycles. The molecule has 2 aromatic heterocycles. The maximum atomic E-state index is 12.3. The number of hydrogen-bond acceptors (Lipinski definition) is 7. The first-order chi connectivity index (χ1) is 13.5. The van der Waals surface area contributed by atoms with Gasteiger partial charge in [-0.3, -0.25) is 9.89 Å². The molecule has 9 heteroatoms. The van der Waals surface area contributed by atoms with Crippen LogP contribution in [0.15, 0.2) is 28.8 Å². The fourth-order valence-electron chi connectivity index (χ4n) is 2.74. The normalized spacial score (nSPS) is 10.6. The number of H-pyrrole nitrogens is 1. The van der Waals surface area contributed by atoms with Gasteiger partial charge in [0.05, 0.1) is 32.7 Å². The van der Waals surface area contributed by atoms with Gasteiger partial charge in [0.1, 0.15) is 11.5 Å². The van der Waals surface area contributed by atoms with Crippen LogP contribution < -0.4 is 19.5 Å². The quantitative estimate of drug-likeness (QED) is 0.611. The van der Waals surface area contributed by atoms with Gasteiger partial charge in [0.25, 0.3) is 5.91 Å². The van der Waals surface area contributed by atoms with E-state index in [1.165, 1.54) is 7.11 Å². The predicted octanol–water partition coefficient (Wildman–Crippen LogP) is 2.37. The second-order valence-corrected chi connectivity index (χ2v) is 6.02. The average molecular weight is 386 g/mol. The van der Waals surface area contributed by atoms with Crippen molar-refractivity contribution in [1.29, 1.82) is 0 Å². The zero-order chi connectivity index (χ0) is 20.1. The number of rotatable bonds is 8. The summed E-state index contributed by atoms with van der Waals surface area (Å²) in [5.41, 5.74) is 2.46. The van der Waals surface area contributed by atoms with Gasteiger partial charge in [-0.15, -0.1) is 0 Å². The first kappa shape index (κ1) is 19.3. The standard InChI is InChI=1S/C19H22N4O5/c1-11-7-13(28-23-11)5-6-20-19(24)15-10-14(21-22-15)12-8-16(25-2)18(27-4)17(9-12)26-3/h7-10H,5-6H2,1-4H3,(H,20,24)(H,21,22). The molecular weight excluding hydrogens is 364 g/mol. The zero-order valence-electron chi connectivity index (χ0n) is 16.2. The van der Waals surface area contributed by atoms with Crippen molar-refractivity contribution in [1.82, 2.24) is 20.7 Å². The molecular formula is C19H22N4O5. The average Bonchev–Trinajstić information content (AvgIpc) is 3.36. The molecule has 0 atom stereocenters. The van der Waals surface area contributed by atoms with E-state index in [9.17, 15) is 4.79 Å². The van der Waals surface area contributed by atoms with Crippen molar-refractivity contribution >= 4 is 5.91 Å². The van der Waals surface area contributed by atoms with Crippen molar-refractivity contribution in [3.05, 3.63) is 41.4 Å². The minimum Gasteiger partial charge on any atom is -0.493 e. The Labute approximate surface area is 162 Å². The number of nitrogens with one attached hydrogen (secondary N) is 2. The molecule has 0 saturated heterocycles. The molecule has 1 amide bonds. The summed E-state index contributed by atoms with van der Waals surface area (Å²) in [5.74, 6) is 1.97. The Morgan fingerprint density at radius 1 is 1.11 bits per heavy atom. The Balaban J connectivity index is 1.71. The molecule has 0 bridgehead atoms. The Morgan fingerprint density at radius 3 is 2.39 bits per heavy atom. The maximum Gasteiger partial charge on any atom is 0.269 e. The summed E-state index contributed by atoms with van der Waals surface area (Å²) >= 11 is 0. The van der Waals surface area contributed by atoms with Gasteiger partial charge in [-0.2, -0.15) is 5.10 Å². The van der Waals surface area contributed by atoms with E-state index in [1.807, 2.05) is 13.0 Å². The lowest BCUT2D eigenvalue weighted by atomic mass is 10.1. The number of benzene rings is 1. The van der Waals surface area contributed by atoms with Gasteiger partial charge in [-0.1, -0.05) is 5.16 Å². The van der Waals surface area contributed by atoms with E-state index < -0.39 is 0 Å². The minimum atomic E-state index is -0.262.